The van der Waals surface area contributed by atoms with Crippen LogP contribution in [0.2, 0.25) is 0 Å². The number of fused-ring (bicyclic) bond motifs is 2. The Morgan fingerprint density at radius 3 is 2.59 bits per heavy atom. The molecule has 2 aliphatic rings. The summed E-state index contributed by atoms with van der Waals surface area (Å²) in [4.78, 5) is 14.9. The van der Waals surface area contributed by atoms with Crippen molar-refractivity contribution in [3.05, 3.63) is 71.6 Å². The number of benzene rings is 3. The van der Waals surface area contributed by atoms with Gasteiger partial charge in [-0.25, -0.2) is 9.79 Å². The second kappa shape index (κ2) is 6.61. The minimum atomic E-state index is -0.952. The van der Waals surface area contributed by atoms with E-state index in [4.69, 9.17) is 4.42 Å². The highest BCUT2D eigenvalue weighted by Gasteiger charge is 2.21. The minimum absolute atomic E-state index is 0.265. The van der Waals surface area contributed by atoms with Gasteiger partial charge in [0.15, 0.2) is 0 Å². The van der Waals surface area contributed by atoms with Crippen molar-refractivity contribution in [3.63, 3.8) is 0 Å². The van der Waals surface area contributed by atoms with Gasteiger partial charge < -0.3 is 14.8 Å². The highest BCUT2D eigenvalue weighted by molar-refractivity contribution is 6.07. The molecule has 27 heavy (non-hydrogen) atoms. The Kier molecular flexibility index (Phi) is 4.12. The summed E-state index contributed by atoms with van der Waals surface area (Å²) in [5.41, 5.74) is 4.28. The van der Waals surface area contributed by atoms with E-state index >= 15 is 0 Å². The average Bonchev–Trinajstić information content (AvgIpc) is 2.71. The number of hydrogen-bond donors (Lipinski definition) is 3. The number of anilines is 1. The fraction of sp³-hybridized carbons (Fsp3) is 0.0909. The molecular weight excluding hydrogens is 340 g/mol. The lowest BCUT2D eigenvalue weighted by Crippen LogP contribution is -2.71. The van der Waals surface area contributed by atoms with E-state index in [2.05, 4.69) is 10.3 Å². The number of hydrogen-bond acceptors (Lipinski definition) is 3. The van der Waals surface area contributed by atoms with Crippen LogP contribution in [0.1, 0.15) is 10.4 Å². The van der Waals surface area contributed by atoms with Crippen LogP contribution in [0, 0.1) is 0 Å². The van der Waals surface area contributed by atoms with Gasteiger partial charge in [-0.15, -0.1) is 0 Å². The summed E-state index contributed by atoms with van der Waals surface area (Å²) >= 11 is 0. The molecule has 1 aliphatic heterocycles. The van der Waals surface area contributed by atoms with Crippen molar-refractivity contribution in [1.29, 1.82) is 0 Å². The van der Waals surface area contributed by atoms with Gasteiger partial charge in [0.05, 0.1) is 11.6 Å². The van der Waals surface area contributed by atoms with E-state index in [1.54, 1.807) is 12.1 Å². The second-order valence-corrected chi connectivity index (χ2v) is 6.25. The Balaban J connectivity index is 2.19. The van der Waals surface area contributed by atoms with Crippen molar-refractivity contribution in [2.45, 2.75) is 0 Å². The SMILES string of the molecule is CNc1ccc2c(-c3ccccc3C(=O)O)c3ccc(=[NH+]C)cc-3oc2c1. The monoisotopic (exact) mass is 359 g/mol. The van der Waals surface area contributed by atoms with Gasteiger partial charge in [0, 0.05) is 41.4 Å². The van der Waals surface area contributed by atoms with Crippen molar-refractivity contribution in [2.75, 3.05) is 19.4 Å². The van der Waals surface area contributed by atoms with Crippen LogP contribution >= 0.6 is 0 Å². The lowest BCUT2D eigenvalue weighted by atomic mass is 9.91. The molecule has 134 valence electrons. The summed E-state index contributed by atoms with van der Waals surface area (Å²) in [6.45, 7) is 0. The van der Waals surface area contributed by atoms with Crippen LogP contribution in [-0.2, 0) is 0 Å². The molecule has 2 aromatic carbocycles. The lowest BCUT2D eigenvalue weighted by molar-refractivity contribution is -0.465. The Morgan fingerprint density at radius 2 is 1.85 bits per heavy atom. The van der Waals surface area contributed by atoms with Crippen LogP contribution in [0.4, 0.5) is 5.69 Å². The molecule has 3 N–H and O–H groups in total. The van der Waals surface area contributed by atoms with Crippen LogP contribution in [0.15, 0.2) is 65.1 Å². The van der Waals surface area contributed by atoms with Gasteiger partial charge in [-0.3, -0.25) is 0 Å². The molecule has 0 atom stereocenters. The lowest BCUT2D eigenvalue weighted by Gasteiger charge is -2.17. The average molecular weight is 359 g/mol. The summed E-state index contributed by atoms with van der Waals surface area (Å²) in [5, 5.41) is 14.6. The third-order valence-electron chi connectivity index (χ3n) is 4.73. The van der Waals surface area contributed by atoms with E-state index in [0.717, 1.165) is 27.6 Å². The van der Waals surface area contributed by atoms with Crippen LogP contribution in [-0.4, -0.2) is 25.2 Å². The van der Waals surface area contributed by atoms with Gasteiger partial charge in [-0.2, -0.15) is 0 Å². The molecule has 0 bridgehead atoms. The molecule has 5 nitrogen and oxygen atoms in total. The topological polar surface area (TPSA) is 76.4 Å². The third-order valence-corrected chi connectivity index (χ3v) is 4.73. The molecule has 5 heteroatoms. The standard InChI is InChI=1S/C22H18N2O3/c1-23-13-7-9-17-19(11-13)27-20-12-14(24-2)8-10-18(20)21(17)15-5-3-4-6-16(15)22(25)26/h3-12,23H,1-2H3,(H,25,26)/p+1. The molecular formula is C22H19N2O3+. The van der Waals surface area contributed by atoms with Gasteiger partial charge in [0.1, 0.15) is 18.4 Å². The first kappa shape index (κ1) is 16.8. The van der Waals surface area contributed by atoms with Crippen LogP contribution in [0.3, 0.4) is 0 Å². The highest BCUT2D eigenvalue weighted by Crippen LogP contribution is 2.41. The fourth-order valence-electron chi connectivity index (χ4n) is 3.38. The molecule has 0 amide bonds. The summed E-state index contributed by atoms with van der Waals surface area (Å²) in [6, 6.07) is 18.8. The van der Waals surface area contributed by atoms with E-state index < -0.39 is 5.97 Å². The van der Waals surface area contributed by atoms with Crippen LogP contribution in [0.5, 0.6) is 0 Å². The van der Waals surface area contributed by atoms with E-state index in [1.807, 2.05) is 62.6 Å². The molecule has 0 aromatic heterocycles. The summed E-state index contributed by atoms with van der Waals surface area (Å²) in [7, 11) is 3.70. The molecule has 4 rings (SSSR count). The molecule has 0 saturated carbocycles. The van der Waals surface area contributed by atoms with Gasteiger partial charge in [-0.05, 0) is 29.8 Å². The number of rotatable bonds is 3. The third kappa shape index (κ3) is 2.83. The zero-order valence-corrected chi connectivity index (χ0v) is 15.0. The first-order chi connectivity index (χ1) is 13.1. The molecule has 0 radical (unpaired) electrons. The summed E-state index contributed by atoms with van der Waals surface area (Å²) in [6.07, 6.45) is 0. The molecule has 0 fully saturated rings. The number of carboxylic acid groups (broad SMARTS) is 1. The smallest absolute Gasteiger partial charge is 0.336 e. The molecule has 2 aromatic rings. The molecule has 0 spiro atoms. The first-order valence-corrected chi connectivity index (χ1v) is 8.64. The van der Waals surface area contributed by atoms with E-state index in [1.165, 1.54) is 0 Å². The molecule has 0 saturated heterocycles. The predicted octanol–water partition coefficient (Wildman–Crippen LogP) is 2.56. The predicted molar refractivity (Wildman–Crippen MR) is 105 cm³/mol. The first-order valence-electron chi connectivity index (χ1n) is 8.64. The summed E-state index contributed by atoms with van der Waals surface area (Å²) < 4.78 is 6.17. The fourth-order valence-corrected chi connectivity index (χ4v) is 3.38. The van der Waals surface area contributed by atoms with Crippen molar-refractivity contribution in [2.24, 2.45) is 0 Å². The van der Waals surface area contributed by atoms with Gasteiger partial charge >= 0.3 is 5.97 Å². The maximum Gasteiger partial charge on any atom is 0.336 e. The zero-order chi connectivity index (χ0) is 19.0. The van der Waals surface area contributed by atoms with E-state index in [9.17, 15) is 9.90 Å². The largest absolute Gasteiger partial charge is 0.478 e. The van der Waals surface area contributed by atoms with Crippen molar-refractivity contribution in [1.82, 2.24) is 0 Å². The Labute approximate surface area is 156 Å². The number of carbonyl (C=O) groups is 1. The Bertz CT molecular complexity index is 1210. The minimum Gasteiger partial charge on any atom is -0.478 e. The van der Waals surface area contributed by atoms with Gasteiger partial charge in [0.25, 0.3) is 0 Å². The van der Waals surface area contributed by atoms with Crippen molar-refractivity contribution in [3.8, 4) is 22.5 Å². The van der Waals surface area contributed by atoms with Crippen LogP contribution < -0.4 is 15.7 Å². The molecule has 1 heterocycles. The Morgan fingerprint density at radius 1 is 1.04 bits per heavy atom. The molecule has 1 aliphatic carbocycles. The molecule has 0 unspecified atom stereocenters. The number of carboxylic acids is 1. The van der Waals surface area contributed by atoms with Crippen LogP contribution in [0.25, 0.3) is 33.4 Å². The van der Waals surface area contributed by atoms with Gasteiger partial charge in [0.2, 0.25) is 5.36 Å². The van der Waals surface area contributed by atoms with E-state index in [0.29, 0.717) is 16.9 Å². The Hall–Kier alpha value is -3.60. The zero-order valence-electron chi connectivity index (χ0n) is 15.0. The maximum absolute atomic E-state index is 11.8. The van der Waals surface area contributed by atoms with Crippen molar-refractivity contribution >= 4 is 22.6 Å². The highest BCUT2D eigenvalue weighted by atomic mass is 16.4. The quantitative estimate of drug-likeness (QED) is 0.492. The number of nitrogens with one attached hydrogen (secondary N) is 2. The normalized spacial score (nSPS) is 11.9. The van der Waals surface area contributed by atoms with Crippen molar-refractivity contribution < 1.29 is 19.3 Å². The van der Waals surface area contributed by atoms with E-state index in [-0.39, 0.29) is 5.56 Å². The number of aromatic carboxylic acids is 1. The second-order valence-electron chi connectivity index (χ2n) is 6.25. The maximum atomic E-state index is 11.8. The summed E-state index contributed by atoms with van der Waals surface area (Å²) in [5.74, 6) is -0.260. The van der Waals surface area contributed by atoms with Gasteiger partial charge in [-0.1, -0.05) is 18.2 Å².